The molecule has 2 fully saturated rings. The molecule has 2 aliphatic rings. The molecule has 0 aromatic carbocycles. The van der Waals surface area contributed by atoms with Crippen molar-refractivity contribution in [3.8, 4) is 0 Å². The monoisotopic (exact) mass is 1070 g/mol. The average molecular weight is 1070 g/mol. The lowest BCUT2D eigenvalue weighted by Gasteiger charge is -2.30. The summed E-state index contributed by atoms with van der Waals surface area (Å²) >= 11 is 1.11. The third-order valence-corrected chi connectivity index (χ3v) is 14.7. The number of aliphatic hydroxyl groups excluding tert-OH is 2. The maximum atomic E-state index is 12.8. The normalized spacial score (nSPS) is 23.0. The number of ether oxygens (including phenoxy) is 2. The summed E-state index contributed by atoms with van der Waals surface area (Å²) in [5, 5.41) is 26.6. The molecular formula is C41H66N7O18P3S. The molecule has 0 aliphatic carbocycles. The van der Waals surface area contributed by atoms with Crippen LogP contribution in [0, 0.1) is 5.41 Å². The lowest BCUT2D eigenvalue weighted by atomic mass is 9.87. The highest BCUT2D eigenvalue weighted by Gasteiger charge is 2.50. The van der Waals surface area contributed by atoms with Crippen molar-refractivity contribution < 1.29 is 85.2 Å². The fraction of sp³-hybridized carbons (Fsp3) is 0.659. The van der Waals surface area contributed by atoms with Crippen LogP contribution in [-0.4, -0.2) is 135 Å². The summed E-state index contributed by atoms with van der Waals surface area (Å²) in [6.45, 7) is 2.70. The number of anilines is 1. The predicted molar refractivity (Wildman–Crippen MR) is 255 cm³/mol. The fourth-order valence-corrected chi connectivity index (χ4v) is 10.4. The van der Waals surface area contributed by atoms with E-state index >= 15 is 0 Å². The molecule has 394 valence electrons. The van der Waals surface area contributed by atoms with Crippen LogP contribution in [0.3, 0.4) is 0 Å². The zero-order chi connectivity index (χ0) is 51.5. The number of fused-ring (bicyclic) bond motifs is 1. The van der Waals surface area contributed by atoms with E-state index in [-0.39, 0.29) is 53.8 Å². The number of aliphatic hydroxyl groups is 2. The van der Waals surface area contributed by atoms with Gasteiger partial charge in [-0.1, -0.05) is 81.8 Å². The van der Waals surface area contributed by atoms with Crippen LogP contribution in [0.4, 0.5) is 5.82 Å². The van der Waals surface area contributed by atoms with E-state index in [2.05, 4.69) is 77.8 Å². The van der Waals surface area contributed by atoms with Crippen molar-refractivity contribution in [2.45, 2.75) is 134 Å². The number of hydrogen-bond donors (Lipinski definition) is 9. The number of nitrogens with zero attached hydrogens (tertiary/aromatic N) is 4. The first kappa shape index (κ1) is 59.3. The molecule has 2 aromatic rings. The summed E-state index contributed by atoms with van der Waals surface area (Å²) < 4.78 is 68.2. The van der Waals surface area contributed by atoms with Gasteiger partial charge < -0.3 is 55.6 Å². The van der Waals surface area contributed by atoms with Crippen LogP contribution in [0.5, 0.6) is 0 Å². The Morgan fingerprint density at radius 2 is 1.56 bits per heavy atom. The molecule has 29 heteroatoms. The van der Waals surface area contributed by atoms with Crippen molar-refractivity contribution in [2.75, 3.05) is 37.8 Å². The maximum absolute atomic E-state index is 12.8. The number of amides is 2. The Labute approximate surface area is 409 Å². The minimum absolute atomic E-state index is 0.00719. The predicted octanol–water partition coefficient (Wildman–Crippen LogP) is 4.02. The summed E-state index contributed by atoms with van der Waals surface area (Å²) in [6.07, 6.45) is 16.0. The largest absolute Gasteiger partial charge is 0.481 e. The molecule has 0 spiro atoms. The van der Waals surface area contributed by atoms with E-state index < -0.39 is 84.6 Å². The quantitative estimate of drug-likeness (QED) is 0.0211. The molecule has 4 rings (SSSR count). The molecule has 2 amide bonds. The van der Waals surface area contributed by atoms with Gasteiger partial charge in [-0.15, -0.1) is 0 Å². The topological polar surface area (TPSA) is 376 Å². The van der Waals surface area contributed by atoms with Crippen molar-refractivity contribution in [3.05, 3.63) is 49.1 Å². The molecule has 2 saturated heterocycles. The number of rotatable bonds is 33. The van der Waals surface area contributed by atoms with E-state index in [4.69, 9.17) is 24.3 Å². The minimum Gasteiger partial charge on any atom is -0.386 e. The first-order valence-electron chi connectivity index (χ1n) is 22.7. The first-order valence-corrected chi connectivity index (χ1v) is 28.2. The number of carbonyl (C=O) groups is 3. The van der Waals surface area contributed by atoms with Crippen molar-refractivity contribution in [3.63, 3.8) is 0 Å². The van der Waals surface area contributed by atoms with Gasteiger partial charge in [0, 0.05) is 37.1 Å². The Balaban J connectivity index is 1.07. The zero-order valence-corrected chi connectivity index (χ0v) is 42.7. The number of imidazole rings is 1. The number of phosphoric acid groups is 3. The molecule has 0 saturated carbocycles. The molecular weight excluding hydrogens is 1000 g/mol. The van der Waals surface area contributed by atoms with E-state index in [9.17, 15) is 57.9 Å². The van der Waals surface area contributed by atoms with Crippen molar-refractivity contribution >= 4 is 69.1 Å². The molecule has 2 unspecified atom stereocenters. The van der Waals surface area contributed by atoms with Crippen LogP contribution < -0.4 is 16.4 Å². The van der Waals surface area contributed by atoms with Crippen LogP contribution in [0.15, 0.2) is 49.1 Å². The van der Waals surface area contributed by atoms with Gasteiger partial charge in [0.1, 0.15) is 36.3 Å². The lowest BCUT2D eigenvalue weighted by Crippen LogP contribution is -2.46. The van der Waals surface area contributed by atoms with E-state index in [1.807, 2.05) is 0 Å². The Kier molecular flexibility index (Phi) is 23.9. The average Bonchev–Trinajstić information content (AvgIpc) is 3.77. The van der Waals surface area contributed by atoms with Gasteiger partial charge in [-0.2, -0.15) is 4.31 Å². The molecule has 0 bridgehead atoms. The highest BCUT2D eigenvalue weighted by Crippen LogP contribution is 2.61. The Morgan fingerprint density at radius 3 is 2.27 bits per heavy atom. The Hall–Kier alpha value is -3.26. The first-order chi connectivity index (χ1) is 33.0. The third-order valence-electron chi connectivity index (χ3n) is 10.7. The van der Waals surface area contributed by atoms with E-state index in [1.54, 1.807) is 0 Å². The molecule has 0 radical (unpaired) electrons. The lowest BCUT2D eigenvalue weighted by molar-refractivity contribution is -0.137. The highest BCUT2D eigenvalue weighted by atomic mass is 32.2. The summed E-state index contributed by atoms with van der Waals surface area (Å²) in [6, 6.07) is 0. The summed E-state index contributed by atoms with van der Waals surface area (Å²) in [4.78, 5) is 88.5. The standard InChI is InChI=1S/C41H66N7O18P3S/c1-4-5-6-7-8-9-10-11-14-17-28-29(63-28)18-15-12-13-16-19-32(50)70-23-22-43-31(49)20-21-44-39(53)36(52)41(2,3)25-62-69(59,60)66-68(57,58)61-24-30-35(65-67(54,55)56)34(51)40(64-30)48-27-47-33-37(42)45-26-46-38(33)48/h8-9,11-12,14-15,26-30,34-36,40,51-52H,4-7,10,13,16-25H2,1-3H3,(H,43,49)(H,44,53)(H,57,58)(H,59,60)(H2,42,45,46)(H2,54,55,56)/b9-8-,14-11-,15-12-/t28-,29+,30+,34+,35+,36-,40+/m0/s1. The summed E-state index contributed by atoms with van der Waals surface area (Å²) in [7, 11) is -16.4. The molecule has 9 atom stereocenters. The number of nitrogens with one attached hydrogen (secondary N) is 2. The molecule has 25 nitrogen and oxygen atoms in total. The van der Waals surface area contributed by atoms with E-state index in [0.717, 1.165) is 61.1 Å². The number of aromatic nitrogens is 4. The van der Waals surface area contributed by atoms with E-state index in [1.165, 1.54) is 33.1 Å². The molecule has 10 N–H and O–H groups in total. The van der Waals surface area contributed by atoms with Crippen molar-refractivity contribution in [1.82, 2.24) is 30.2 Å². The third kappa shape index (κ3) is 20.7. The van der Waals surface area contributed by atoms with Crippen LogP contribution in [0.2, 0.25) is 0 Å². The van der Waals surface area contributed by atoms with Gasteiger partial charge in [0.05, 0.1) is 31.7 Å². The maximum Gasteiger partial charge on any atom is 0.481 e. The number of thioether (sulfide) groups is 1. The molecule has 2 aliphatic heterocycles. The van der Waals surface area contributed by atoms with Gasteiger partial charge >= 0.3 is 23.5 Å². The smallest absolute Gasteiger partial charge is 0.386 e. The van der Waals surface area contributed by atoms with Gasteiger partial charge in [-0.25, -0.2) is 28.6 Å². The number of unbranched alkanes of at least 4 members (excludes halogenated alkanes) is 4. The Bertz CT molecular complexity index is 2260. The van der Waals surface area contributed by atoms with Gasteiger partial charge in [0.25, 0.3) is 0 Å². The number of epoxide rings is 1. The fourth-order valence-electron chi connectivity index (χ4n) is 6.80. The summed E-state index contributed by atoms with van der Waals surface area (Å²) in [5.74, 6) is -1.10. The second kappa shape index (κ2) is 28.3. The summed E-state index contributed by atoms with van der Waals surface area (Å²) in [5.41, 5.74) is 4.27. The van der Waals surface area contributed by atoms with Crippen molar-refractivity contribution in [1.29, 1.82) is 0 Å². The SMILES string of the molecule is CCCCC/C=C\C/C=C\C[C@@H]1O[C@@H]1C/C=C\CCCC(=O)SCCNC(=O)CCNC(=O)[C@H](O)C(C)(C)COP(=O)(O)OP(=O)(O)OC[C@H]1O[C@@H](n2cnc3c(N)ncnc32)[C@H](O)[C@@H]1OP(=O)(O)O. The zero-order valence-electron chi connectivity index (χ0n) is 39.2. The molecule has 70 heavy (non-hydrogen) atoms. The number of phosphoric ester groups is 3. The number of allylic oxidation sites excluding steroid dienone is 4. The van der Waals surface area contributed by atoms with Crippen molar-refractivity contribution in [2.24, 2.45) is 5.41 Å². The number of carbonyl (C=O) groups excluding carboxylic acids is 3. The van der Waals surface area contributed by atoms with Crippen LogP contribution >= 0.6 is 35.2 Å². The number of hydrogen-bond acceptors (Lipinski definition) is 19. The van der Waals surface area contributed by atoms with Gasteiger partial charge in [0.2, 0.25) is 11.8 Å². The Morgan fingerprint density at radius 1 is 0.886 bits per heavy atom. The van der Waals surface area contributed by atoms with Gasteiger partial charge in [-0.3, -0.25) is 32.5 Å². The second-order valence-electron chi connectivity index (χ2n) is 17.0. The molecule has 2 aromatic heterocycles. The molecule has 4 heterocycles. The van der Waals surface area contributed by atoms with Gasteiger partial charge in [0.15, 0.2) is 22.8 Å². The highest BCUT2D eigenvalue weighted by molar-refractivity contribution is 8.13. The minimum atomic E-state index is -5.58. The van der Waals surface area contributed by atoms with E-state index in [0.29, 0.717) is 18.6 Å². The van der Waals surface area contributed by atoms with Crippen LogP contribution in [-0.2, 0) is 55.4 Å². The second-order valence-corrected chi connectivity index (χ2v) is 22.4. The van der Waals surface area contributed by atoms with Crippen LogP contribution in [0.25, 0.3) is 11.2 Å². The van der Waals surface area contributed by atoms with Crippen LogP contribution in [0.1, 0.15) is 97.6 Å². The number of nitrogen functional groups attached to an aromatic ring is 1. The number of nitrogens with two attached hydrogens (primary N) is 1. The van der Waals surface area contributed by atoms with Gasteiger partial charge in [-0.05, 0) is 44.9 Å².